The van der Waals surface area contributed by atoms with Gasteiger partial charge in [-0.3, -0.25) is 15.1 Å². The van der Waals surface area contributed by atoms with Gasteiger partial charge in [-0.05, 0) is 24.3 Å². The van der Waals surface area contributed by atoms with Gasteiger partial charge in [0.25, 0.3) is 0 Å². The standard InChI is InChI=1S/C14H11N3O4/c18-14(21-16-8-11-3-1-2-6-15-11)17-10-4-5-12-13(7-10)20-9-19-12/h1-8H,9H2,(H,17,18)/b16-8+. The van der Waals surface area contributed by atoms with Gasteiger partial charge in [0, 0.05) is 18.0 Å². The summed E-state index contributed by atoms with van der Waals surface area (Å²) in [5.41, 5.74) is 1.12. The number of amides is 1. The van der Waals surface area contributed by atoms with Gasteiger partial charge in [0.1, 0.15) is 0 Å². The number of carbonyl (C=O) groups is 1. The molecular weight excluding hydrogens is 274 g/mol. The van der Waals surface area contributed by atoms with Crippen molar-refractivity contribution < 1.29 is 19.1 Å². The molecule has 7 nitrogen and oxygen atoms in total. The molecule has 2 heterocycles. The molecule has 106 valence electrons. The molecule has 0 fully saturated rings. The maximum Gasteiger partial charge on any atom is 0.437 e. The summed E-state index contributed by atoms with van der Waals surface area (Å²) >= 11 is 0. The minimum Gasteiger partial charge on any atom is -0.454 e. The maximum absolute atomic E-state index is 11.6. The van der Waals surface area contributed by atoms with E-state index in [0.717, 1.165) is 0 Å². The van der Waals surface area contributed by atoms with Crippen LogP contribution in [0.5, 0.6) is 11.5 Å². The van der Waals surface area contributed by atoms with Gasteiger partial charge in [0.05, 0.1) is 11.9 Å². The summed E-state index contributed by atoms with van der Waals surface area (Å²) in [7, 11) is 0. The number of rotatable bonds is 3. The summed E-state index contributed by atoms with van der Waals surface area (Å²) in [6.07, 6.45) is 2.26. The van der Waals surface area contributed by atoms with Crippen molar-refractivity contribution in [2.75, 3.05) is 12.1 Å². The molecule has 0 aliphatic carbocycles. The molecule has 2 aromatic rings. The van der Waals surface area contributed by atoms with E-state index in [2.05, 4.69) is 20.3 Å². The Morgan fingerprint density at radius 1 is 1.29 bits per heavy atom. The third-order valence-corrected chi connectivity index (χ3v) is 2.63. The zero-order valence-electron chi connectivity index (χ0n) is 10.9. The minimum atomic E-state index is -0.707. The highest BCUT2D eigenvalue weighted by atomic mass is 16.7. The molecule has 0 unspecified atom stereocenters. The highest BCUT2D eigenvalue weighted by Crippen LogP contribution is 2.34. The number of anilines is 1. The molecule has 1 aromatic carbocycles. The number of pyridine rings is 1. The van der Waals surface area contributed by atoms with E-state index in [9.17, 15) is 4.79 Å². The van der Waals surface area contributed by atoms with E-state index >= 15 is 0 Å². The number of nitrogens with zero attached hydrogens (tertiary/aromatic N) is 2. The van der Waals surface area contributed by atoms with Crippen molar-refractivity contribution in [1.29, 1.82) is 0 Å². The topological polar surface area (TPSA) is 82.0 Å². The fourth-order valence-electron chi connectivity index (χ4n) is 1.70. The van der Waals surface area contributed by atoms with Crippen LogP contribution in [0.3, 0.4) is 0 Å². The van der Waals surface area contributed by atoms with Crippen LogP contribution in [0, 0.1) is 0 Å². The summed E-state index contributed by atoms with van der Waals surface area (Å²) in [6, 6.07) is 10.4. The van der Waals surface area contributed by atoms with E-state index in [0.29, 0.717) is 22.9 Å². The molecule has 1 aliphatic rings. The van der Waals surface area contributed by atoms with Crippen LogP contribution in [-0.4, -0.2) is 24.1 Å². The van der Waals surface area contributed by atoms with Crippen LogP contribution in [0.4, 0.5) is 10.5 Å². The van der Waals surface area contributed by atoms with E-state index in [1.54, 1.807) is 42.6 Å². The first kappa shape index (κ1) is 12.9. The highest BCUT2D eigenvalue weighted by molar-refractivity contribution is 5.86. The van der Waals surface area contributed by atoms with E-state index in [1.165, 1.54) is 6.21 Å². The first-order chi connectivity index (χ1) is 10.3. The van der Waals surface area contributed by atoms with Crippen molar-refractivity contribution in [3.05, 3.63) is 48.3 Å². The van der Waals surface area contributed by atoms with Crippen LogP contribution in [0.1, 0.15) is 5.69 Å². The van der Waals surface area contributed by atoms with Gasteiger partial charge in [-0.25, -0.2) is 4.79 Å². The molecule has 0 radical (unpaired) electrons. The summed E-state index contributed by atoms with van der Waals surface area (Å²) in [4.78, 5) is 20.2. The first-order valence-electron chi connectivity index (χ1n) is 6.13. The normalized spacial score (nSPS) is 12.4. The molecule has 3 rings (SSSR count). The minimum absolute atomic E-state index is 0.178. The molecule has 0 bridgehead atoms. The number of fused-ring (bicyclic) bond motifs is 1. The Hall–Kier alpha value is -3.09. The van der Waals surface area contributed by atoms with Gasteiger partial charge in [0.15, 0.2) is 11.5 Å². The molecular formula is C14H11N3O4. The van der Waals surface area contributed by atoms with E-state index in [4.69, 9.17) is 9.47 Å². The summed E-state index contributed by atoms with van der Waals surface area (Å²) in [5.74, 6) is 1.21. The maximum atomic E-state index is 11.6. The fraction of sp³-hybridized carbons (Fsp3) is 0.0714. The zero-order chi connectivity index (χ0) is 14.5. The van der Waals surface area contributed by atoms with Crippen molar-refractivity contribution in [2.24, 2.45) is 5.16 Å². The Kier molecular flexibility index (Phi) is 3.64. The third kappa shape index (κ3) is 3.27. The molecule has 1 aliphatic heterocycles. The monoisotopic (exact) mass is 285 g/mol. The van der Waals surface area contributed by atoms with Crippen molar-refractivity contribution in [3.63, 3.8) is 0 Å². The second-order valence-electron chi connectivity index (χ2n) is 4.06. The Bertz CT molecular complexity index is 673. The lowest BCUT2D eigenvalue weighted by Gasteiger charge is -2.03. The second-order valence-corrected chi connectivity index (χ2v) is 4.06. The molecule has 1 aromatic heterocycles. The molecule has 21 heavy (non-hydrogen) atoms. The van der Waals surface area contributed by atoms with Crippen molar-refractivity contribution in [2.45, 2.75) is 0 Å². The van der Waals surface area contributed by atoms with Gasteiger partial charge in [0.2, 0.25) is 6.79 Å². The summed E-state index contributed by atoms with van der Waals surface area (Å²) in [5, 5.41) is 6.08. The number of benzene rings is 1. The van der Waals surface area contributed by atoms with Crippen LogP contribution in [0.15, 0.2) is 47.8 Å². The Morgan fingerprint density at radius 2 is 2.19 bits per heavy atom. The number of hydrogen-bond donors (Lipinski definition) is 1. The van der Waals surface area contributed by atoms with Crippen LogP contribution in [0.2, 0.25) is 0 Å². The van der Waals surface area contributed by atoms with Crippen molar-refractivity contribution in [1.82, 2.24) is 4.98 Å². The average Bonchev–Trinajstić information content (AvgIpc) is 2.96. The molecule has 1 N–H and O–H groups in total. The Balaban J connectivity index is 1.56. The predicted octanol–water partition coefficient (Wildman–Crippen LogP) is 2.39. The average molecular weight is 285 g/mol. The zero-order valence-corrected chi connectivity index (χ0v) is 10.9. The third-order valence-electron chi connectivity index (χ3n) is 2.63. The number of carbonyl (C=O) groups excluding carboxylic acids is 1. The van der Waals surface area contributed by atoms with E-state index in [1.807, 2.05) is 0 Å². The smallest absolute Gasteiger partial charge is 0.437 e. The number of hydrogen-bond acceptors (Lipinski definition) is 6. The lowest BCUT2D eigenvalue weighted by atomic mass is 10.3. The molecule has 0 spiro atoms. The number of nitrogens with one attached hydrogen (secondary N) is 1. The first-order valence-corrected chi connectivity index (χ1v) is 6.13. The van der Waals surface area contributed by atoms with Crippen molar-refractivity contribution in [3.8, 4) is 11.5 Å². The molecule has 0 atom stereocenters. The number of ether oxygens (including phenoxy) is 2. The van der Waals surface area contributed by atoms with Crippen LogP contribution < -0.4 is 14.8 Å². The SMILES string of the molecule is O=C(Nc1ccc2c(c1)OCO2)O/N=C/c1ccccn1. The van der Waals surface area contributed by atoms with Gasteiger partial charge in [-0.2, -0.15) is 0 Å². The lowest BCUT2D eigenvalue weighted by Crippen LogP contribution is -2.10. The number of oxime groups is 1. The number of aromatic nitrogens is 1. The van der Waals surface area contributed by atoms with Crippen LogP contribution >= 0.6 is 0 Å². The fourth-order valence-corrected chi connectivity index (χ4v) is 1.70. The summed E-state index contributed by atoms with van der Waals surface area (Å²) in [6.45, 7) is 0.178. The Morgan fingerprint density at radius 3 is 3.05 bits per heavy atom. The van der Waals surface area contributed by atoms with Gasteiger partial charge in [-0.15, -0.1) is 0 Å². The van der Waals surface area contributed by atoms with Gasteiger partial charge in [-0.1, -0.05) is 11.2 Å². The molecule has 0 saturated heterocycles. The van der Waals surface area contributed by atoms with E-state index in [-0.39, 0.29) is 6.79 Å². The molecule has 7 heteroatoms. The predicted molar refractivity (Wildman–Crippen MR) is 74.5 cm³/mol. The van der Waals surface area contributed by atoms with Crippen LogP contribution in [0.25, 0.3) is 0 Å². The second kappa shape index (κ2) is 5.91. The highest BCUT2D eigenvalue weighted by Gasteiger charge is 2.14. The molecule has 1 amide bonds. The largest absolute Gasteiger partial charge is 0.454 e. The quantitative estimate of drug-likeness (QED) is 0.532. The van der Waals surface area contributed by atoms with Gasteiger partial charge < -0.3 is 9.47 Å². The summed E-state index contributed by atoms with van der Waals surface area (Å²) < 4.78 is 10.4. The van der Waals surface area contributed by atoms with Gasteiger partial charge >= 0.3 is 6.09 Å². The lowest BCUT2D eigenvalue weighted by molar-refractivity contribution is 0.167. The van der Waals surface area contributed by atoms with E-state index < -0.39 is 6.09 Å². The van der Waals surface area contributed by atoms with Crippen LogP contribution in [-0.2, 0) is 4.84 Å². The Labute approximate surface area is 120 Å². The van der Waals surface area contributed by atoms with Crippen molar-refractivity contribution >= 4 is 18.0 Å². The molecule has 0 saturated carbocycles.